The van der Waals surface area contributed by atoms with Crippen molar-refractivity contribution in [2.24, 2.45) is 17.6 Å². The van der Waals surface area contributed by atoms with E-state index in [4.69, 9.17) is 5.73 Å². The normalized spacial score (nSPS) is 38.1. The van der Waals surface area contributed by atoms with Crippen LogP contribution < -0.4 is 11.1 Å². The Hall–Kier alpha value is -1.36. The Labute approximate surface area is 113 Å². The molecule has 2 rings (SSSR count). The fourth-order valence-corrected chi connectivity index (χ4v) is 3.16. The van der Waals surface area contributed by atoms with E-state index in [1.54, 1.807) is 12.2 Å². The van der Waals surface area contributed by atoms with E-state index in [9.17, 15) is 14.7 Å². The Morgan fingerprint density at radius 2 is 2.16 bits per heavy atom. The zero-order valence-corrected chi connectivity index (χ0v) is 11.3. The van der Waals surface area contributed by atoms with Crippen LogP contribution in [0.4, 0.5) is 0 Å². The monoisotopic (exact) mass is 266 g/mol. The zero-order valence-electron chi connectivity index (χ0n) is 11.3. The third-order valence-corrected chi connectivity index (χ3v) is 4.22. The van der Waals surface area contributed by atoms with Crippen molar-refractivity contribution in [3.63, 3.8) is 0 Å². The maximum absolute atomic E-state index is 12.2. The number of carbonyl (C=O) groups excluding carboxylic acids is 1. The largest absolute Gasteiger partial charge is 0.480 e. The van der Waals surface area contributed by atoms with Gasteiger partial charge in [-0.2, -0.15) is 0 Å². The summed E-state index contributed by atoms with van der Waals surface area (Å²) < 4.78 is 0. The molecule has 1 saturated carbocycles. The van der Waals surface area contributed by atoms with E-state index in [1.807, 2.05) is 6.92 Å². The van der Waals surface area contributed by atoms with E-state index in [0.29, 0.717) is 25.2 Å². The lowest BCUT2D eigenvalue weighted by atomic mass is 9.76. The summed E-state index contributed by atoms with van der Waals surface area (Å²) in [6.45, 7) is 2.04. The van der Waals surface area contributed by atoms with E-state index in [-0.39, 0.29) is 17.9 Å². The molecule has 0 radical (unpaired) electrons. The maximum Gasteiger partial charge on any atom is 0.329 e. The van der Waals surface area contributed by atoms with Crippen LogP contribution in [-0.4, -0.2) is 28.6 Å². The van der Waals surface area contributed by atoms with E-state index in [0.717, 1.165) is 12.8 Å². The number of carboxylic acids is 1. The van der Waals surface area contributed by atoms with Crippen LogP contribution in [0.15, 0.2) is 12.2 Å². The molecule has 0 aromatic rings. The van der Waals surface area contributed by atoms with Gasteiger partial charge in [-0.05, 0) is 25.2 Å². The molecule has 0 spiro atoms. The summed E-state index contributed by atoms with van der Waals surface area (Å²) in [5.74, 6) is -1.09. The highest BCUT2D eigenvalue weighted by atomic mass is 16.4. The van der Waals surface area contributed by atoms with Gasteiger partial charge in [0.1, 0.15) is 5.54 Å². The third-order valence-electron chi connectivity index (χ3n) is 4.22. The van der Waals surface area contributed by atoms with E-state index >= 15 is 0 Å². The fourth-order valence-electron chi connectivity index (χ4n) is 3.16. The summed E-state index contributed by atoms with van der Waals surface area (Å²) in [6.07, 6.45) is 7.05. The Balaban J connectivity index is 2.07. The predicted molar refractivity (Wildman–Crippen MR) is 71.4 cm³/mol. The predicted octanol–water partition coefficient (Wildman–Crippen LogP) is 1.04. The quantitative estimate of drug-likeness (QED) is 0.665. The van der Waals surface area contributed by atoms with E-state index < -0.39 is 11.5 Å². The molecule has 4 atom stereocenters. The number of aliphatic carboxylic acids is 1. The summed E-state index contributed by atoms with van der Waals surface area (Å²) in [6, 6.07) is -0.0955. The van der Waals surface area contributed by atoms with Crippen molar-refractivity contribution in [3.8, 4) is 0 Å². The number of hydrogen-bond donors (Lipinski definition) is 3. The average molecular weight is 266 g/mol. The average Bonchev–Trinajstić information content (AvgIpc) is 2.75. The Morgan fingerprint density at radius 1 is 1.42 bits per heavy atom. The van der Waals surface area contributed by atoms with Gasteiger partial charge in [0.25, 0.3) is 0 Å². The zero-order chi connectivity index (χ0) is 14.0. The molecule has 5 heteroatoms. The van der Waals surface area contributed by atoms with Crippen LogP contribution in [0.2, 0.25) is 0 Å². The smallest absolute Gasteiger partial charge is 0.329 e. The van der Waals surface area contributed by atoms with Crippen LogP contribution >= 0.6 is 0 Å². The maximum atomic E-state index is 12.2. The van der Waals surface area contributed by atoms with Gasteiger partial charge in [0.15, 0.2) is 0 Å². The third kappa shape index (κ3) is 2.97. The first-order chi connectivity index (χ1) is 8.93. The Kier molecular flexibility index (Phi) is 3.94. The molecule has 5 nitrogen and oxygen atoms in total. The Bertz CT molecular complexity index is 407. The van der Waals surface area contributed by atoms with Crippen LogP contribution in [0.25, 0.3) is 0 Å². The van der Waals surface area contributed by atoms with E-state index in [2.05, 4.69) is 5.32 Å². The molecule has 19 heavy (non-hydrogen) atoms. The van der Waals surface area contributed by atoms with Crippen molar-refractivity contribution in [2.45, 2.75) is 50.6 Å². The van der Waals surface area contributed by atoms with Crippen molar-refractivity contribution >= 4 is 11.9 Å². The van der Waals surface area contributed by atoms with Gasteiger partial charge in [-0.3, -0.25) is 4.79 Å². The van der Waals surface area contributed by atoms with Crippen LogP contribution in [0.5, 0.6) is 0 Å². The molecule has 0 aliphatic heterocycles. The lowest BCUT2D eigenvalue weighted by molar-refractivity contribution is -0.150. The van der Waals surface area contributed by atoms with Crippen LogP contribution in [0.3, 0.4) is 0 Å². The van der Waals surface area contributed by atoms with Crippen LogP contribution in [0.1, 0.15) is 39.0 Å². The number of carboxylic acid groups (broad SMARTS) is 1. The lowest BCUT2D eigenvalue weighted by Gasteiger charge is -2.37. The molecule has 0 aromatic heterocycles. The molecule has 0 saturated heterocycles. The topological polar surface area (TPSA) is 92.4 Å². The van der Waals surface area contributed by atoms with Gasteiger partial charge in [0, 0.05) is 6.04 Å². The summed E-state index contributed by atoms with van der Waals surface area (Å²) in [5.41, 5.74) is 4.64. The van der Waals surface area contributed by atoms with Crippen molar-refractivity contribution in [2.75, 3.05) is 0 Å². The molecule has 1 fully saturated rings. The molecule has 0 bridgehead atoms. The first-order valence-electron chi connectivity index (χ1n) is 6.92. The molecule has 1 amide bonds. The van der Waals surface area contributed by atoms with Crippen molar-refractivity contribution in [1.29, 1.82) is 0 Å². The van der Waals surface area contributed by atoms with Gasteiger partial charge in [-0.1, -0.05) is 31.9 Å². The second-order valence-corrected chi connectivity index (χ2v) is 5.97. The number of nitrogens with one attached hydrogen (secondary N) is 1. The highest BCUT2D eigenvalue weighted by molar-refractivity contribution is 5.89. The van der Waals surface area contributed by atoms with Gasteiger partial charge < -0.3 is 16.2 Å². The molecule has 4 N–H and O–H groups in total. The van der Waals surface area contributed by atoms with Crippen molar-refractivity contribution in [1.82, 2.24) is 5.32 Å². The van der Waals surface area contributed by atoms with Gasteiger partial charge in [-0.15, -0.1) is 0 Å². The second kappa shape index (κ2) is 5.33. The standard InChI is InChI=1S/C14H22N2O3/c1-9-3-2-6-14(8-9,13(18)19)16-12(17)10-4-5-11(15)7-10/h4-5,9-11H,2-3,6-8,15H2,1H3,(H,16,17)(H,18,19). The van der Waals surface area contributed by atoms with Gasteiger partial charge in [-0.25, -0.2) is 4.79 Å². The Morgan fingerprint density at radius 3 is 2.68 bits per heavy atom. The number of amides is 1. The first kappa shape index (κ1) is 14.1. The molecule has 2 aliphatic rings. The highest BCUT2D eigenvalue weighted by Gasteiger charge is 2.44. The van der Waals surface area contributed by atoms with E-state index in [1.165, 1.54) is 0 Å². The van der Waals surface area contributed by atoms with Crippen LogP contribution in [0, 0.1) is 11.8 Å². The number of nitrogens with two attached hydrogens (primary N) is 1. The molecular formula is C14H22N2O3. The molecular weight excluding hydrogens is 244 g/mol. The second-order valence-electron chi connectivity index (χ2n) is 5.97. The van der Waals surface area contributed by atoms with Gasteiger partial charge in [0.05, 0.1) is 5.92 Å². The summed E-state index contributed by atoms with van der Waals surface area (Å²) in [5, 5.41) is 12.3. The summed E-state index contributed by atoms with van der Waals surface area (Å²) in [7, 11) is 0. The highest BCUT2D eigenvalue weighted by Crippen LogP contribution is 2.33. The summed E-state index contributed by atoms with van der Waals surface area (Å²) in [4.78, 5) is 23.8. The van der Waals surface area contributed by atoms with Crippen LogP contribution in [-0.2, 0) is 9.59 Å². The van der Waals surface area contributed by atoms with Crippen molar-refractivity contribution in [3.05, 3.63) is 12.2 Å². The first-order valence-corrected chi connectivity index (χ1v) is 6.92. The fraction of sp³-hybridized carbons (Fsp3) is 0.714. The molecule has 0 heterocycles. The molecule has 2 aliphatic carbocycles. The van der Waals surface area contributed by atoms with Gasteiger partial charge >= 0.3 is 5.97 Å². The SMILES string of the molecule is CC1CCCC(NC(=O)C2C=CC(N)C2)(C(=O)O)C1. The minimum absolute atomic E-state index is 0.0955. The van der Waals surface area contributed by atoms with Gasteiger partial charge in [0.2, 0.25) is 5.91 Å². The lowest BCUT2D eigenvalue weighted by Crippen LogP contribution is -2.57. The molecule has 106 valence electrons. The number of hydrogen-bond acceptors (Lipinski definition) is 3. The minimum Gasteiger partial charge on any atom is -0.480 e. The summed E-state index contributed by atoms with van der Waals surface area (Å²) >= 11 is 0. The van der Waals surface area contributed by atoms with Crippen molar-refractivity contribution < 1.29 is 14.7 Å². The molecule has 0 aromatic carbocycles. The molecule has 4 unspecified atom stereocenters. The minimum atomic E-state index is -1.09. The number of rotatable bonds is 3. The number of carbonyl (C=O) groups is 2.